The van der Waals surface area contributed by atoms with Crippen molar-refractivity contribution in [3.05, 3.63) is 65.2 Å². The molecule has 1 aliphatic rings. The number of hydrogen-bond acceptors (Lipinski definition) is 2. The van der Waals surface area contributed by atoms with Crippen molar-refractivity contribution < 1.29 is 9.18 Å². The second-order valence-electron chi connectivity index (χ2n) is 4.62. The summed E-state index contributed by atoms with van der Waals surface area (Å²) in [4.78, 5) is 16.0. The molecule has 0 bridgehead atoms. The highest BCUT2D eigenvalue weighted by Crippen LogP contribution is 2.33. The summed E-state index contributed by atoms with van der Waals surface area (Å²) in [5.74, 6) is -0.458. The molecule has 0 saturated carbocycles. The van der Waals surface area contributed by atoms with Crippen molar-refractivity contribution in [2.75, 3.05) is 0 Å². The molecule has 1 aromatic carbocycles. The lowest BCUT2D eigenvalue weighted by atomic mass is 10.1. The Morgan fingerprint density at radius 2 is 2.21 bits per heavy atom. The fraction of sp³-hybridized carbons (Fsp3) is 0.200. The van der Waals surface area contributed by atoms with Crippen LogP contribution < -0.4 is 5.32 Å². The van der Waals surface area contributed by atoms with Gasteiger partial charge >= 0.3 is 0 Å². The second kappa shape index (κ2) is 4.80. The van der Waals surface area contributed by atoms with Crippen LogP contribution in [-0.4, -0.2) is 10.9 Å². The van der Waals surface area contributed by atoms with Crippen LogP contribution in [0.25, 0.3) is 0 Å². The molecule has 4 heteroatoms. The van der Waals surface area contributed by atoms with Crippen LogP contribution in [0.5, 0.6) is 0 Å². The van der Waals surface area contributed by atoms with Gasteiger partial charge in [0.1, 0.15) is 5.82 Å². The molecule has 96 valence electrons. The monoisotopic (exact) mass is 256 g/mol. The van der Waals surface area contributed by atoms with Crippen molar-refractivity contribution in [2.24, 2.45) is 0 Å². The normalized spacial score (nSPS) is 17.0. The topological polar surface area (TPSA) is 42.0 Å². The maximum atomic E-state index is 13.8. The number of aryl methyl sites for hydroxylation is 1. The summed E-state index contributed by atoms with van der Waals surface area (Å²) in [6.45, 7) is 0. The molecule has 1 heterocycles. The number of aromatic nitrogens is 1. The van der Waals surface area contributed by atoms with Crippen molar-refractivity contribution in [3.8, 4) is 0 Å². The molecule has 19 heavy (non-hydrogen) atoms. The summed E-state index contributed by atoms with van der Waals surface area (Å²) in [6, 6.07) is 8.21. The number of carbonyl (C=O) groups excluding carboxylic acids is 1. The number of carbonyl (C=O) groups is 1. The minimum atomic E-state index is -0.246. The van der Waals surface area contributed by atoms with Gasteiger partial charge in [0.05, 0.1) is 11.6 Å². The molecule has 0 unspecified atom stereocenters. The molecule has 3 nitrogen and oxygen atoms in total. The zero-order chi connectivity index (χ0) is 13.2. The predicted octanol–water partition coefficient (Wildman–Crippen LogP) is 2.64. The number of rotatable bonds is 2. The fourth-order valence-electron chi connectivity index (χ4n) is 2.52. The van der Waals surface area contributed by atoms with Gasteiger partial charge in [0.15, 0.2) is 0 Å². The Morgan fingerprint density at radius 3 is 3.00 bits per heavy atom. The van der Waals surface area contributed by atoms with Gasteiger partial charge in [-0.15, -0.1) is 0 Å². The van der Waals surface area contributed by atoms with Gasteiger partial charge in [-0.2, -0.15) is 0 Å². The summed E-state index contributed by atoms with van der Waals surface area (Å²) in [7, 11) is 0. The molecule has 2 aromatic rings. The minimum Gasteiger partial charge on any atom is -0.345 e. The average molecular weight is 256 g/mol. The predicted molar refractivity (Wildman–Crippen MR) is 69.2 cm³/mol. The summed E-state index contributed by atoms with van der Waals surface area (Å²) in [5, 5.41) is 2.87. The van der Waals surface area contributed by atoms with Gasteiger partial charge in [0.25, 0.3) is 5.91 Å². The first-order valence-corrected chi connectivity index (χ1v) is 6.24. The van der Waals surface area contributed by atoms with Crippen LogP contribution in [0.3, 0.4) is 0 Å². The van der Waals surface area contributed by atoms with Crippen LogP contribution >= 0.6 is 0 Å². The summed E-state index contributed by atoms with van der Waals surface area (Å²) in [6.07, 6.45) is 4.65. The van der Waals surface area contributed by atoms with Gasteiger partial charge in [-0.25, -0.2) is 4.39 Å². The van der Waals surface area contributed by atoms with Gasteiger partial charge in [-0.1, -0.05) is 12.1 Å². The van der Waals surface area contributed by atoms with Crippen LogP contribution in [-0.2, 0) is 6.42 Å². The molecule has 0 radical (unpaired) electrons. The van der Waals surface area contributed by atoms with E-state index in [2.05, 4.69) is 10.3 Å². The number of nitrogens with zero attached hydrogens (tertiary/aromatic N) is 1. The highest BCUT2D eigenvalue weighted by molar-refractivity contribution is 5.94. The average Bonchev–Trinajstić information content (AvgIpc) is 2.84. The van der Waals surface area contributed by atoms with Crippen LogP contribution in [0, 0.1) is 5.82 Å². The maximum absolute atomic E-state index is 13.8. The van der Waals surface area contributed by atoms with E-state index in [1.807, 2.05) is 6.07 Å². The van der Waals surface area contributed by atoms with Crippen LogP contribution in [0.15, 0.2) is 42.7 Å². The van der Waals surface area contributed by atoms with Crippen molar-refractivity contribution in [1.82, 2.24) is 10.3 Å². The summed E-state index contributed by atoms with van der Waals surface area (Å²) < 4.78 is 13.8. The van der Waals surface area contributed by atoms with Crippen LogP contribution in [0.1, 0.15) is 33.9 Å². The van der Waals surface area contributed by atoms with Crippen LogP contribution in [0.4, 0.5) is 4.39 Å². The van der Waals surface area contributed by atoms with E-state index in [0.29, 0.717) is 11.1 Å². The Hall–Kier alpha value is -2.23. The summed E-state index contributed by atoms with van der Waals surface area (Å²) in [5.41, 5.74) is 2.10. The molecule has 0 spiro atoms. The van der Waals surface area contributed by atoms with Crippen molar-refractivity contribution in [3.63, 3.8) is 0 Å². The molecule has 1 atom stereocenters. The number of amides is 1. The second-order valence-corrected chi connectivity index (χ2v) is 4.62. The van der Waals surface area contributed by atoms with Gasteiger partial charge < -0.3 is 5.32 Å². The molecular formula is C15H13FN2O. The van der Waals surface area contributed by atoms with Gasteiger partial charge in [0, 0.05) is 18.0 Å². The Bertz CT molecular complexity index is 613. The van der Waals surface area contributed by atoms with E-state index >= 15 is 0 Å². The molecule has 0 fully saturated rings. The standard InChI is InChI=1S/C15H13FN2O/c16-12-5-1-3-10-6-7-13(14(10)12)18-15(19)11-4-2-8-17-9-11/h1-5,8-9,13H,6-7H2,(H,18,19)/t13-/m1/s1. The van der Waals surface area contributed by atoms with E-state index in [0.717, 1.165) is 18.4 Å². The fourth-order valence-corrected chi connectivity index (χ4v) is 2.52. The Balaban J connectivity index is 1.82. The van der Waals surface area contributed by atoms with Crippen molar-refractivity contribution in [1.29, 1.82) is 0 Å². The van der Waals surface area contributed by atoms with E-state index in [1.54, 1.807) is 24.4 Å². The third kappa shape index (κ3) is 2.21. The lowest BCUT2D eigenvalue weighted by Gasteiger charge is -2.14. The SMILES string of the molecule is O=C(N[C@@H]1CCc2cccc(F)c21)c1cccnc1. The van der Waals surface area contributed by atoms with E-state index in [-0.39, 0.29) is 17.8 Å². The highest BCUT2D eigenvalue weighted by atomic mass is 19.1. The number of fused-ring (bicyclic) bond motifs is 1. The van der Waals surface area contributed by atoms with Crippen molar-refractivity contribution in [2.45, 2.75) is 18.9 Å². The third-order valence-corrected chi connectivity index (χ3v) is 3.42. The highest BCUT2D eigenvalue weighted by Gasteiger charge is 2.27. The third-order valence-electron chi connectivity index (χ3n) is 3.42. The number of hydrogen-bond donors (Lipinski definition) is 1. The molecule has 1 N–H and O–H groups in total. The Labute approximate surface area is 110 Å². The molecule has 1 aliphatic carbocycles. The molecule has 1 amide bonds. The van der Waals surface area contributed by atoms with E-state index in [4.69, 9.17) is 0 Å². The molecular weight excluding hydrogens is 243 g/mol. The smallest absolute Gasteiger partial charge is 0.253 e. The lowest BCUT2D eigenvalue weighted by Crippen LogP contribution is -2.27. The first-order valence-electron chi connectivity index (χ1n) is 6.24. The molecule has 1 aromatic heterocycles. The van der Waals surface area contributed by atoms with Crippen molar-refractivity contribution >= 4 is 5.91 Å². The van der Waals surface area contributed by atoms with Gasteiger partial charge in [-0.05, 0) is 36.6 Å². The van der Waals surface area contributed by atoms with Gasteiger partial charge in [-0.3, -0.25) is 9.78 Å². The lowest BCUT2D eigenvalue weighted by molar-refractivity contribution is 0.0936. The number of halogens is 1. The maximum Gasteiger partial charge on any atom is 0.253 e. The minimum absolute atomic E-state index is 0.214. The number of benzene rings is 1. The van der Waals surface area contributed by atoms with Crippen LogP contribution in [0.2, 0.25) is 0 Å². The first kappa shape index (κ1) is 11.8. The summed E-state index contributed by atoms with van der Waals surface area (Å²) >= 11 is 0. The Morgan fingerprint density at radius 1 is 1.32 bits per heavy atom. The van der Waals surface area contributed by atoms with E-state index < -0.39 is 0 Å². The number of nitrogens with one attached hydrogen (secondary N) is 1. The van der Waals surface area contributed by atoms with Gasteiger partial charge in [0.2, 0.25) is 0 Å². The largest absolute Gasteiger partial charge is 0.345 e. The van der Waals surface area contributed by atoms with E-state index in [9.17, 15) is 9.18 Å². The quantitative estimate of drug-likeness (QED) is 0.897. The zero-order valence-electron chi connectivity index (χ0n) is 10.3. The zero-order valence-corrected chi connectivity index (χ0v) is 10.3. The Kier molecular flexibility index (Phi) is 2.99. The molecule has 0 aliphatic heterocycles. The molecule has 0 saturated heterocycles. The number of pyridine rings is 1. The van der Waals surface area contributed by atoms with E-state index in [1.165, 1.54) is 12.3 Å². The first-order chi connectivity index (χ1) is 9.25. The molecule has 3 rings (SSSR count).